The molecule has 2 aliphatic rings. The number of carboxylic acid groups (broad SMARTS) is 1. The van der Waals surface area contributed by atoms with Gasteiger partial charge in [0.25, 0.3) is 0 Å². The van der Waals surface area contributed by atoms with Gasteiger partial charge in [0, 0.05) is 37.5 Å². The van der Waals surface area contributed by atoms with Gasteiger partial charge in [-0.3, -0.25) is 28.5 Å². The van der Waals surface area contributed by atoms with E-state index < -0.39 is 64.7 Å². The van der Waals surface area contributed by atoms with Gasteiger partial charge in [-0.2, -0.15) is 0 Å². The molecule has 4 atom stereocenters. The molecule has 0 saturated heterocycles. The molecule has 1 unspecified atom stereocenters. The van der Waals surface area contributed by atoms with Crippen LogP contribution < -0.4 is 30.7 Å². The van der Waals surface area contributed by atoms with E-state index in [0.29, 0.717) is 28.8 Å². The van der Waals surface area contributed by atoms with Crippen molar-refractivity contribution in [1.29, 1.82) is 0 Å². The SMILES string of the molecule is C=CCNC(=O)[C@H](NC(=O)[C@H](CC)NC(=O)[C@H](CCCN=C(N)N(c1c(C)c(C)c2c(c1C)CC(C)(C)O2)S(=O)[O-])N(CC1c2ccccc2-c2ccccc21)C(=O)O)c1ccccc1. The first kappa shape index (κ1) is 47.9. The van der Waals surface area contributed by atoms with E-state index in [0.717, 1.165) is 48.3 Å². The molecule has 0 radical (unpaired) electrons. The second-order valence-corrected chi connectivity index (χ2v) is 17.8. The first-order valence-electron chi connectivity index (χ1n) is 21.7. The summed E-state index contributed by atoms with van der Waals surface area (Å²) < 4.78 is 33.0. The third-order valence-electron chi connectivity index (χ3n) is 12.2. The number of guanidine groups is 1. The standard InChI is InChI=1S/C49H59N7O8S/c1-8-25-51-46(59)41(32-18-11-10-12-19-32)54-44(57)39(9-2)53-45(58)40(55(48(60)61)28-38-35-22-15-13-20-33(35)34-21-14-16-23-36(34)38)24-17-26-52-47(50)56(65(62)63)42-29(3)30(4)43-37(31(42)5)27-49(6,7)64-43/h8,10-16,18-23,38-41H,1,9,17,24-28H2,2-7H3,(H2,50,52)(H,51,59)(H,53,58)(H,54,57)(H,60,61)(H,62,63)/p-1/t39-,40-,41+/m0/s1. The highest BCUT2D eigenvalue weighted by molar-refractivity contribution is 7.81. The molecule has 16 heteroatoms. The summed E-state index contributed by atoms with van der Waals surface area (Å²) in [5.74, 6) is -1.84. The highest BCUT2D eigenvalue weighted by Crippen LogP contribution is 2.47. The van der Waals surface area contributed by atoms with Crippen LogP contribution >= 0.6 is 0 Å². The fraction of sp³-hybridized carbons (Fsp3) is 0.367. The van der Waals surface area contributed by atoms with Crippen molar-refractivity contribution in [1.82, 2.24) is 20.9 Å². The maximum Gasteiger partial charge on any atom is 0.408 e. The predicted molar refractivity (Wildman–Crippen MR) is 251 cm³/mol. The Morgan fingerprint density at radius 1 is 0.938 bits per heavy atom. The zero-order valence-electron chi connectivity index (χ0n) is 37.7. The second-order valence-electron chi connectivity index (χ2n) is 17.0. The van der Waals surface area contributed by atoms with Crippen molar-refractivity contribution in [2.45, 2.75) is 96.9 Å². The number of nitrogens with two attached hydrogens (primary N) is 1. The summed E-state index contributed by atoms with van der Waals surface area (Å²) in [5.41, 5.74) is 13.7. The maximum atomic E-state index is 14.6. The molecule has 0 fully saturated rings. The third kappa shape index (κ3) is 10.4. The molecule has 344 valence electrons. The average molecular weight is 905 g/mol. The minimum absolute atomic E-state index is 0.0670. The quantitative estimate of drug-likeness (QED) is 0.0251. The van der Waals surface area contributed by atoms with Crippen molar-refractivity contribution < 1.29 is 37.8 Å². The molecule has 4 aromatic carbocycles. The Hall–Kier alpha value is -6.52. The molecule has 0 spiro atoms. The Labute approximate surface area is 382 Å². The minimum atomic E-state index is -2.87. The number of hydrogen-bond donors (Lipinski definition) is 5. The Kier molecular flexibility index (Phi) is 15.2. The molecule has 4 aromatic rings. The molecule has 4 amide bonds. The summed E-state index contributed by atoms with van der Waals surface area (Å²) in [6, 6.07) is 20.6. The zero-order chi connectivity index (χ0) is 47.2. The lowest BCUT2D eigenvalue weighted by Crippen LogP contribution is -2.56. The zero-order valence-corrected chi connectivity index (χ0v) is 38.5. The van der Waals surface area contributed by atoms with Crippen LogP contribution in [0.2, 0.25) is 0 Å². The summed E-state index contributed by atoms with van der Waals surface area (Å²) in [7, 11) is 0. The van der Waals surface area contributed by atoms with Gasteiger partial charge < -0.3 is 36.1 Å². The van der Waals surface area contributed by atoms with Crippen molar-refractivity contribution in [2.75, 3.05) is 23.9 Å². The lowest BCUT2D eigenvalue weighted by molar-refractivity contribution is -0.133. The number of benzene rings is 4. The van der Waals surface area contributed by atoms with Crippen molar-refractivity contribution in [3.8, 4) is 16.9 Å². The van der Waals surface area contributed by atoms with Crippen molar-refractivity contribution in [3.63, 3.8) is 0 Å². The van der Waals surface area contributed by atoms with Crippen LogP contribution in [0.25, 0.3) is 11.1 Å². The molecule has 0 aromatic heterocycles. The fourth-order valence-electron chi connectivity index (χ4n) is 8.88. The predicted octanol–water partition coefficient (Wildman–Crippen LogP) is 6.24. The van der Waals surface area contributed by atoms with E-state index in [1.54, 1.807) is 44.2 Å². The molecule has 0 saturated carbocycles. The van der Waals surface area contributed by atoms with Gasteiger partial charge in [0.2, 0.25) is 23.7 Å². The molecule has 15 nitrogen and oxygen atoms in total. The number of nitrogens with zero attached hydrogens (tertiary/aromatic N) is 3. The smallest absolute Gasteiger partial charge is 0.408 e. The Morgan fingerprint density at radius 3 is 2.14 bits per heavy atom. The summed E-state index contributed by atoms with van der Waals surface area (Å²) in [6.07, 6.45) is 0.882. The molecule has 6 rings (SSSR count). The van der Waals surface area contributed by atoms with Gasteiger partial charge in [0.05, 0.1) is 17.0 Å². The molecule has 65 heavy (non-hydrogen) atoms. The molecule has 1 aliphatic carbocycles. The molecule has 0 bridgehead atoms. The number of carbonyl (C=O) groups excluding carboxylic acids is 3. The van der Waals surface area contributed by atoms with Gasteiger partial charge in [0.15, 0.2) is 0 Å². The molecular weight excluding hydrogens is 847 g/mol. The lowest BCUT2D eigenvalue weighted by Gasteiger charge is -2.32. The highest BCUT2D eigenvalue weighted by atomic mass is 32.2. The van der Waals surface area contributed by atoms with Crippen LogP contribution in [0.5, 0.6) is 5.75 Å². The monoisotopic (exact) mass is 904 g/mol. The summed E-state index contributed by atoms with van der Waals surface area (Å²) >= 11 is -2.87. The van der Waals surface area contributed by atoms with Gasteiger partial charge in [-0.25, -0.2) is 9.10 Å². The number of hydrogen-bond acceptors (Lipinski definition) is 8. The Balaban J connectivity index is 1.28. The van der Waals surface area contributed by atoms with Gasteiger partial charge in [0.1, 0.15) is 29.5 Å². The van der Waals surface area contributed by atoms with Gasteiger partial charge >= 0.3 is 6.09 Å². The summed E-state index contributed by atoms with van der Waals surface area (Å²) in [5, 5.41) is 19.2. The number of nitrogens with one attached hydrogen (secondary N) is 3. The average Bonchev–Trinajstić information content (AvgIpc) is 3.79. The van der Waals surface area contributed by atoms with Crippen molar-refractivity contribution >= 4 is 46.7 Å². The van der Waals surface area contributed by atoms with E-state index in [1.807, 2.05) is 76.2 Å². The lowest BCUT2D eigenvalue weighted by atomic mass is 9.92. The number of ether oxygens (including phenoxy) is 1. The van der Waals surface area contributed by atoms with Crippen molar-refractivity contribution in [2.24, 2.45) is 10.7 Å². The normalized spacial score (nSPS) is 15.5. The van der Waals surface area contributed by atoms with Crippen LogP contribution in [0.3, 0.4) is 0 Å². The van der Waals surface area contributed by atoms with Crippen LogP contribution in [0.1, 0.15) is 90.9 Å². The second kappa shape index (κ2) is 20.5. The van der Waals surface area contributed by atoms with E-state index in [-0.39, 0.29) is 44.9 Å². The number of amides is 4. The van der Waals surface area contributed by atoms with E-state index in [4.69, 9.17) is 10.5 Å². The number of carbonyl (C=O) groups is 4. The fourth-order valence-corrected chi connectivity index (χ4v) is 9.51. The third-order valence-corrected chi connectivity index (χ3v) is 12.9. The largest absolute Gasteiger partial charge is 0.755 e. The van der Waals surface area contributed by atoms with Crippen LogP contribution in [0.15, 0.2) is 96.5 Å². The van der Waals surface area contributed by atoms with E-state index in [1.165, 1.54) is 6.08 Å². The van der Waals surface area contributed by atoms with Gasteiger partial charge in [-0.1, -0.05) is 91.9 Å². The molecule has 6 N–H and O–H groups in total. The first-order valence-corrected chi connectivity index (χ1v) is 22.8. The van der Waals surface area contributed by atoms with Crippen LogP contribution in [0, 0.1) is 20.8 Å². The summed E-state index contributed by atoms with van der Waals surface area (Å²) in [4.78, 5) is 60.7. The number of fused-ring (bicyclic) bond motifs is 4. The van der Waals surface area contributed by atoms with Crippen LogP contribution in [-0.4, -0.2) is 85.9 Å². The number of aliphatic imine (C=N–C) groups is 1. The maximum absolute atomic E-state index is 14.6. The summed E-state index contributed by atoms with van der Waals surface area (Å²) in [6.45, 7) is 14.8. The number of anilines is 1. The number of rotatable bonds is 18. The Morgan fingerprint density at radius 2 is 1.55 bits per heavy atom. The van der Waals surface area contributed by atoms with Gasteiger partial charge in [-0.05, 0) is 98.4 Å². The van der Waals surface area contributed by atoms with Crippen LogP contribution in [-0.2, 0) is 32.1 Å². The Bertz CT molecular complexity index is 2470. The topological polar surface area (TPSA) is 219 Å². The van der Waals surface area contributed by atoms with Crippen LogP contribution in [0.4, 0.5) is 10.5 Å². The van der Waals surface area contributed by atoms with E-state index in [2.05, 4.69) is 27.5 Å². The van der Waals surface area contributed by atoms with Gasteiger partial charge in [-0.15, -0.1) is 6.58 Å². The van der Waals surface area contributed by atoms with E-state index in [9.17, 15) is 33.0 Å². The van der Waals surface area contributed by atoms with Crippen molar-refractivity contribution in [3.05, 3.63) is 130 Å². The first-order chi connectivity index (χ1) is 31.0. The highest BCUT2D eigenvalue weighted by Gasteiger charge is 2.39. The molecule has 1 heterocycles. The molecule has 1 aliphatic heterocycles. The van der Waals surface area contributed by atoms with E-state index >= 15 is 0 Å². The minimum Gasteiger partial charge on any atom is -0.755 e. The molecular formula is C49H58N7O8S-.